The van der Waals surface area contributed by atoms with Crippen molar-refractivity contribution in [3.63, 3.8) is 0 Å². The molecule has 0 heterocycles. The SMILES string of the molecule is CC[C@H](N)COCc1ccc(Cl)cc1. The lowest BCUT2D eigenvalue weighted by atomic mass is 10.2. The first kappa shape index (κ1) is 11.5. The minimum Gasteiger partial charge on any atom is -0.375 e. The normalized spacial score (nSPS) is 12.8. The highest BCUT2D eigenvalue weighted by Gasteiger charge is 1.99. The molecule has 0 amide bonds. The fourth-order valence-corrected chi connectivity index (χ4v) is 1.15. The van der Waals surface area contributed by atoms with E-state index >= 15 is 0 Å². The number of rotatable bonds is 5. The number of hydrogen-bond donors (Lipinski definition) is 1. The van der Waals surface area contributed by atoms with Crippen molar-refractivity contribution in [3.8, 4) is 0 Å². The Morgan fingerprint density at radius 2 is 2.00 bits per heavy atom. The minimum absolute atomic E-state index is 0.141. The molecular weight excluding hydrogens is 198 g/mol. The molecule has 0 bridgehead atoms. The van der Waals surface area contributed by atoms with Crippen molar-refractivity contribution in [2.45, 2.75) is 26.0 Å². The molecule has 0 saturated carbocycles. The molecule has 1 aromatic rings. The summed E-state index contributed by atoms with van der Waals surface area (Å²) >= 11 is 5.76. The lowest BCUT2D eigenvalue weighted by Crippen LogP contribution is -2.24. The van der Waals surface area contributed by atoms with Crippen molar-refractivity contribution in [2.24, 2.45) is 5.73 Å². The average Bonchev–Trinajstić information content (AvgIpc) is 2.21. The first-order valence-electron chi connectivity index (χ1n) is 4.80. The summed E-state index contributed by atoms with van der Waals surface area (Å²) in [7, 11) is 0. The summed E-state index contributed by atoms with van der Waals surface area (Å²) in [4.78, 5) is 0. The highest BCUT2D eigenvalue weighted by Crippen LogP contribution is 2.10. The molecule has 0 radical (unpaired) electrons. The first-order valence-corrected chi connectivity index (χ1v) is 5.18. The summed E-state index contributed by atoms with van der Waals surface area (Å²) in [5, 5.41) is 0.749. The number of halogens is 1. The lowest BCUT2D eigenvalue weighted by Gasteiger charge is -2.09. The topological polar surface area (TPSA) is 35.2 Å². The molecule has 2 nitrogen and oxygen atoms in total. The largest absolute Gasteiger partial charge is 0.375 e. The molecule has 0 fully saturated rings. The van der Waals surface area contributed by atoms with E-state index in [0.717, 1.165) is 17.0 Å². The van der Waals surface area contributed by atoms with Crippen LogP contribution in [0.2, 0.25) is 5.02 Å². The molecular formula is C11H16ClNO. The summed E-state index contributed by atoms with van der Waals surface area (Å²) < 4.78 is 5.44. The second kappa shape index (κ2) is 6.02. The Bertz CT molecular complexity index is 260. The van der Waals surface area contributed by atoms with Crippen LogP contribution in [0.5, 0.6) is 0 Å². The van der Waals surface area contributed by atoms with Crippen molar-refractivity contribution >= 4 is 11.6 Å². The van der Waals surface area contributed by atoms with Crippen LogP contribution in [0, 0.1) is 0 Å². The molecule has 0 saturated heterocycles. The van der Waals surface area contributed by atoms with Gasteiger partial charge in [0, 0.05) is 11.1 Å². The van der Waals surface area contributed by atoms with Gasteiger partial charge in [-0.15, -0.1) is 0 Å². The zero-order valence-electron chi connectivity index (χ0n) is 8.37. The lowest BCUT2D eigenvalue weighted by molar-refractivity contribution is 0.107. The van der Waals surface area contributed by atoms with E-state index < -0.39 is 0 Å². The van der Waals surface area contributed by atoms with E-state index in [1.54, 1.807) is 0 Å². The van der Waals surface area contributed by atoms with Gasteiger partial charge in [0.25, 0.3) is 0 Å². The molecule has 3 heteroatoms. The summed E-state index contributed by atoms with van der Waals surface area (Å²) in [6, 6.07) is 7.78. The second-order valence-electron chi connectivity index (χ2n) is 3.31. The third kappa shape index (κ3) is 4.09. The van der Waals surface area contributed by atoms with Crippen molar-refractivity contribution in [1.29, 1.82) is 0 Å². The van der Waals surface area contributed by atoms with Gasteiger partial charge in [0.2, 0.25) is 0 Å². The summed E-state index contributed by atoms with van der Waals surface area (Å²) in [6.07, 6.45) is 0.945. The summed E-state index contributed by atoms with van der Waals surface area (Å²) in [5.74, 6) is 0. The van der Waals surface area contributed by atoms with Crippen LogP contribution < -0.4 is 5.73 Å². The number of nitrogens with two attached hydrogens (primary N) is 1. The minimum atomic E-state index is 0.141. The van der Waals surface area contributed by atoms with Gasteiger partial charge in [-0.05, 0) is 24.1 Å². The Hall–Kier alpha value is -0.570. The van der Waals surface area contributed by atoms with Crippen LogP contribution in [0.15, 0.2) is 24.3 Å². The van der Waals surface area contributed by atoms with E-state index in [-0.39, 0.29) is 6.04 Å². The van der Waals surface area contributed by atoms with Gasteiger partial charge in [-0.2, -0.15) is 0 Å². The Balaban J connectivity index is 2.28. The third-order valence-electron chi connectivity index (χ3n) is 2.04. The predicted molar refractivity (Wildman–Crippen MR) is 59.4 cm³/mol. The molecule has 78 valence electrons. The molecule has 1 atom stereocenters. The molecule has 14 heavy (non-hydrogen) atoms. The number of ether oxygens (including phenoxy) is 1. The van der Waals surface area contributed by atoms with Crippen LogP contribution in [0.4, 0.5) is 0 Å². The fourth-order valence-electron chi connectivity index (χ4n) is 1.03. The van der Waals surface area contributed by atoms with E-state index in [1.807, 2.05) is 24.3 Å². The van der Waals surface area contributed by atoms with E-state index in [2.05, 4.69) is 6.92 Å². The Morgan fingerprint density at radius 1 is 1.36 bits per heavy atom. The predicted octanol–water partition coefficient (Wildman–Crippen LogP) is 2.59. The van der Waals surface area contributed by atoms with Gasteiger partial charge in [-0.25, -0.2) is 0 Å². The summed E-state index contributed by atoms with van der Waals surface area (Å²) in [5.41, 5.74) is 6.84. The van der Waals surface area contributed by atoms with Crippen molar-refractivity contribution in [3.05, 3.63) is 34.9 Å². The second-order valence-corrected chi connectivity index (χ2v) is 3.75. The van der Waals surface area contributed by atoms with Crippen LogP contribution in [0.25, 0.3) is 0 Å². The molecule has 0 unspecified atom stereocenters. The monoisotopic (exact) mass is 213 g/mol. The molecule has 0 spiro atoms. The Labute approximate surface area is 90.0 Å². The van der Waals surface area contributed by atoms with E-state index in [0.29, 0.717) is 13.2 Å². The maximum absolute atomic E-state index is 5.76. The van der Waals surface area contributed by atoms with Crippen molar-refractivity contribution in [1.82, 2.24) is 0 Å². The smallest absolute Gasteiger partial charge is 0.0717 e. The highest BCUT2D eigenvalue weighted by atomic mass is 35.5. The van der Waals surface area contributed by atoms with Gasteiger partial charge in [-0.3, -0.25) is 0 Å². The quantitative estimate of drug-likeness (QED) is 0.816. The van der Waals surface area contributed by atoms with Crippen LogP contribution >= 0.6 is 11.6 Å². The van der Waals surface area contributed by atoms with Gasteiger partial charge in [0.1, 0.15) is 0 Å². The van der Waals surface area contributed by atoms with E-state index in [9.17, 15) is 0 Å². The summed E-state index contributed by atoms with van der Waals surface area (Å²) in [6.45, 7) is 3.26. The van der Waals surface area contributed by atoms with Gasteiger partial charge in [-0.1, -0.05) is 30.7 Å². The van der Waals surface area contributed by atoms with Crippen LogP contribution in [-0.4, -0.2) is 12.6 Å². The average molecular weight is 214 g/mol. The first-order chi connectivity index (χ1) is 6.72. The van der Waals surface area contributed by atoms with Crippen molar-refractivity contribution < 1.29 is 4.74 Å². The highest BCUT2D eigenvalue weighted by molar-refractivity contribution is 6.30. The zero-order chi connectivity index (χ0) is 10.4. The number of hydrogen-bond acceptors (Lipinski definition) is 2. The molecule has 2 N–H and O–H groups in total. The van der Waals surface area contributed by atoms with Crippen LogP contribution in [0.1, 0.15) is 18.9 Å². The standard InChI is InChI=1S/C11H16ClNO/c1-2-11(13)8-14-7-9-3-5-10(12)6-4-9/h3-6,11H,2,7-8,13H2,1H3/t11-/m0/s1. The van der Waals surface area contributed by atoms with Crippen LogP contribution in [0.3, 0.4) is 0 Å². The molecule has 0 aromatic heterocycles. The third-order valence-corrected chi connectivity index (χ3v) is 2.29. The molecule has 1 rings (SSSR count). The van der Waals surface area contributed by atoms with Crippen molar-refractivity contribution in [2.75, 3.05) is 6.61 Å². The maximum atomic E-state index is 5.76. The van der Waals surface area contributed by atoms with Gasteiger partial charge >= 0.3 is 0 Å². The van der Waals surface area contributed by atoms with Crippen LogP contribution in [-0.2, 0) is 11.3 Å². The zero-order valence-corrected chi connectivity index (χ0v) is 9.13. The number of benzene rings is 1. The molecule has 0 aliphatic rings. The van der Waals surface area contributed by atoms with E-state index in [1.165, 1.54) is 0 Å². The Kier molecular flexibility index (Phi) is 4.94. The fraction of sp³-hybridized carbons (Fsp3) is 0.455. The molecule has 1 aromatic carbocycles. The van der Waals surface area contributed by atoms with Gasteiger partial charge < -0.3 is 10.5 Å². The van der Waals surface area contributed by atoms with E-state index in [4.69, 9.17) is 22.1 Å². The molecule has 0 aliphatic carbocycles. The Morgan fingerprint density at radius 3 is 2.57 bits per heavy atom. The van der Waals surface area contributed by atoms with Gasteiger partial charge in [0.05, 0.1) is 13.2 Å². The molecule has 0 aliphatic heterocycles. The van der Waals surface area contributed by atoms with Gasteiger partial charge in [0.15, 0.2) is 0 Å². The maximum Gasteiger partial charge on any atom is 0.0717 e.